The minimum absolute atomic E-state index is 0.231. The summed E-state index contributed by atoms with van der Waals surface area (Å²) in [6, 6.07) is 7.24. The van der Waals surface area contributed by atoms with Gasteiger partial charge in [0.2, 0.25) is 0 Å². The molecule has 2 N–H and O–H groups in total. The Labute approximate surface area is 106 Å². The fraction of sp³-hybridized carbons (Fsp3) is 0.333. The van der Waals surface area contributed by atoms with Crippen LogP contribution >= 0.6 is 12.2 Å². The van der Waals surface area contributed by atoms with Gasteiger partial charge in [0.25, 0.3) is 0 Å². The maximum Gasteiger partial charge on any atom is 0.305 e. The Morgan fingerprint density at radius 2 is 2.24 bits per heavy atom. The van der Waals surface area contributed by atoms with Crippen LogP contribution in [0, 0.1) is 0 Å². The number of carbonyl (C=O) groups excluding carboxylic acids is 1. The highest BCUT2D eigenvalue weighted by Crippen LogP contribution is 2.13. The predicted octanol–water partition coefficient (Wildman–Crippen LogP) is 1.65. The summed E-state index contributed by atoms with van der Waals surface area (Å²) in [5.74, 6) is 0.464. The number of nitrogens with two attached hydrogens (primary N) is 1. The average Bonchev–Trinajstić information content (AvgIpc) is 2.34. The maximum atomic E-state index is 10.9. The monoisotopic (exact) mass is 253 g/mol. The quantitative estimate of drug-likeness (QED) is 0.474. The number of rotatable bonds is 6. The normalized spacial score (nSPS) is 9.71. The lowest BCUT2D eigenvalue weighted by Crippen LogP contribution is -2.09. The van der Waals surface area contributed by atoms with E-state index in [4.69, 9.17) is 22.7 Å². The van der Waals surface area contributed by atoms with Gasteiger partial charge < -0.3 is 15.2 Å². The van der Waals surface area contributed by atoms with Crippen LogP contribution in [0.4, 0.5) is 0 Å². The summed E-state index contributed by atoms with van der Waals surface area (Å²) in [6.07, 6.45) is 0.968. The lowest BCUT2D eigenvalue weighted by atomic mass is 10.2. The van der Waals surface area contributed by atoms with Gasteiger partial charge in [0.05, 0.1) is 13.7 Å². The molecule has 5 heteroatoms. The Morgan fingerprint density at radius 1 is 1.47 bits per heavy atom. The molecule has 0 aromatic heterocycles. The summed E-state index contributed by atoms with van der Waals surface area (Å²) in [5.41, 5.74) is 6.28. The lowest BCUT2D eigenvalue weighted by Gasteiger charge is -2.07. The average molecular weight is 253 g/mol. The first-order valence-corrected chi connectivity index (χ1v) is 5.64. The highest BCUT2D eigenvalue weighted by Gasteiger charge is 2.01. The summed E-state index contributed by atoms with van der Waals surface area (Å²) in [7, 11) is 1.37. The zero-order chi connectivity index (χ0) is 12.7. The van der Waals surface area contributed by atoms with Crippen molar-refractivity contribution < 1.29 is 14.3 Å². The standard InChI is InChI=1S/C12H15NO3S/c1-15-11(14)6-3-7-16-10-5-2-4-9(8-10)12(13)17/h2,4-5,8H,3,6-7H2,1H3,(H2,13,17). The molecule has 0 aliphatic carbocycles. The molecule has 0 bridgehead atoms. The first-order valence-electron chi connectivity index (χ1n) is 5.23. The van der Waals surface area contributed by atoms with Crippen molar-refractivity contribution in [1.29, 1.82) is 0 Å². The number of methoxy groups -OCH3 is 1. The van der Waals surface area contributed by atoms with Crippen LogP contribution in [0.25, 0.3) is 0 Å². The summed E-state index contributed by atoms with van der Waals surface area (Å²) < 4.78 is 9.99. The lowest BCUT2D eigenvalue weighted by molar-refractivity contribution is -0.140. The van der Waals surface area contributed by atoms with E-state index >= 15 is 0 Å². The van der Waals surface area contributed by atoms with Crippen LogP contribution in [-0.4, -0.2) is 24.7 Å². The van der Waals surface area contributed by atoms with E-state index in [9.17, 15) is 4.79 Å². The summed E-state index contributed by atoms with van der Waals surface area (Å²) in [4.78, 5) is 11.2. The number of carbonyl (C=O) groups is 1. The highest BCUT2D eigenvalue weighted by atomic mass is 32.1. The molecular weight excluding hydrogens is 238 g/mol. The van der Waals surface area contributed by atoms with Crippen molar-refractivity contribution in [2.75, 3.05) is 13.7 Å². The minimum Gasteiger partial charge on any atom is -0.494 e. The summed E-state index contributed by atoms with van der Waals surface area (Å²) in [5, 5.41) is 0. The van der Waals surface area contributed by atoms with E-state index in [0.29, 0.717) is 30.2 Å². The molecule has 0 heterocycles. The molecule has 0 fully saturated rings. The molecule has 0 saturated heterocycles. The van der Waals surface area contributed by atoms with Gasteiger partial charge in [-0.25, -0.2) is 0 Å². The third kappa shape index (κ3) is 4.82. The van der Waals surface area contributed by atoms with Crippen molar-refractivity contribution >= 4 is 23.2 Å². The Morgan fingerprint density at radius 3 is 2.88 bits per heavy atom. The third-order valence-electron chi connectivity index (χ3n) is 2.14. The number of hydrogen-bond donors (Lipinski definition) is 1. The van der Waals surface area contributed by atoms with E-state index in [1.54, 1.807) is 6.07 Å². The Kier molecular flexibility index (Phi) is 5.42. The molecule has 1 aromatic carbocycles. The third-order valence-corrected chi connectivity index (χ3v) is 2.38. The molecule has 4 nitrogen and oxygen atoms in total. The van der Waals surface area contributed by atoms with Gasteiger partial charge in [-0.1, -0.05) is 24.4 Å². The molecule has 92 valence electrons. The van der Waals surface area contributed by atoms with Gasteiger partial charge in [0.15, 0.2) is 0 Å². The Hall–Kier alpha value is -1.62. The topological polar surface area (TPSA) is 61.5 Å². The van der Waals surface area contributed by atoms with Crippen molar-refractivity contribution in [2.45, 2.75) is 12.8 Å². The number of thiocarbonyl (C=S) groups is 1. The molecule has 0 unspecified atom stereocenters. The first-order chi connectivity index (χ1) is 8.13. The molecule has 1 rings (SSSR count). The minimum atomic E-state index is -0.231. The second-order valence-corrected chi connectivity index (χ2v) is 3.86. The molecule has 0 atom stereocenters. The molecule has 0 aliphatic heterocycles. The van der Waals surface area contributed by atoms with Crippen molar-refractivity contribution in [3.63, 3.8) is 0 Å². The van der Waals surface area contributed by atoms with Gasteiger partial charge in [0, 0.05) is 12.0 Å². The van der Waals surface area contributed by atoms with Crippen LogP contribution in [0.1, 0.15) is 18.4 Å². The zero-order valence-corrected chi connectivity index (χ0v) is 10.5. The molecule has 0 radical (unpaired) electrons. The van der Waals surface area contributed by atoms with Gasteiger partial charge in [-0.15, -0.1) is 0 Å². The summed E-state index contributed by atoms with van der Waals surface area (Å²) in [6.45, 7) is 0.454. The van der Waals surface area contributed by atoms with Crippen molar-refractivity contribution in [3.05, 3.63) is 29.8 Å². The van der Waals surface area contributed by atoms with Crippen LogP contribution < -0.4 is 10.5 Å². The smallest absolute Gasteiger partial charge is 0.305 e. The summed E-state index contributed by atoms with van der Waals surface area (Å²) >= 11 is 4.87. The Bertz CT molecular complexity index is 406. The maximum absolute atomic E-state index is 10.9. The van der Waals surface area contributed by atoms with E-state index < -0.39 is 0 Å². The first kappa shape index (κ1) is 13.4. The SMILES string of the molecule is COC(=O)CCCOc1cccc(C(N)=S)c1. The van der Waals surface area contributed by atoms with Gasteiger partial charge in [-0.05, 0) is 18.6 Å². The largest absolute Gasteiger partial charge is 0.494 e. The fourth-order valence-corrected chi connectivity index (χ4v) is 1.37. The second kappa shape index (κ2) is 6.85. The van der Waals surface area contributed by atoms with Crippen molar-refractivity contribution in [1.82, 2.24) is 0 Å². The molecule has 0 amide bonds. The van der Waals surface area contributed by atoms with E-state index in [1.807, 2.05) is 18.2 Å². The van der Waals surface area contributed by atoms with Crippen LogP contribution in [0.15, 0.2) is 24.3 Å². The molecular formula is C12H15NO3S. The van der Waals surface area contributed by atoms with E-state index in [1.165, 1.54) is 7.11 Å². The van der Waals surface area contributed by atoms with Gasteiger partial charge in [-0.2, -0.15) is 0 Å². The van der Waals surface area contributed by atoms with E-state index in [0.717, 1.165) is 5.56 Å². The van der Waals surface area contributed by atoms with Gasteiger partial charge in [0.1, 0.15) is 10.7 Å². The molecule has 17 heavy (non-hydrogen) atoms. The number of hydrogen-bond acceptors (Lipinski definition) is 4. The van der Waals surface area contributed by atoms with Crippen LogP contribution in [-0.2, 0) is 9.53 Å². The van der Waals surface area contributed by atoms with Crippen LogP contribution in [0.3, 0.4) is 0 Å². The zero-order valence-electron chi connectivity index (χ0n) is 9.64. The number of benzene rings is 1. The molecule has 0 saturated carbocycles. The van der Waals surface area contributed by atoms with Crippen molar-refractivity contribution in [2.24, 2.45) is 5.73 Å². The molecule has 0 aliphatic rings. The van der Waals surface area contributed by atoms with E-state index in [-0.39, 0.29) is 5.97 Å². The Balaban J connectivity index is 2.39. The van der Waals surface area contributed by atoms with E-state index in [2.05, 4.69) is 4.74 Å². The fourth-order valence-electron chi connectivity index (χ4n) is 1.25. The number of esters is 1. The number of ether oxygens (including phenoxy) is 2. The van der Waals surface area contributed by atoms with Gasteiger partial charge in [-0.3, -0.25) is 4.79 Å². The van der Waals surface area contributed by atoms with Gasteiger partial charge >= 0.3 is 5.97 Å². The van der Waals surface area contributed by atoms with Crippen LogP contribution in [0.2, 0.25) is 0 Å². The molecule has 1 aromatic rings. The second-order valence-electron chi connectivity index (χ2n) is 3.42. The molecule has 0 spiro atoms. The van der Waals surface area contributed by atoms with Crippen molar-refractivity contribution in [3.8, 4) is 5.75 Å². The highest BCUT2D eigenvalue weighted by molar-refractivity contribution is 7.80. The van der Waals surface area contributed by atoms with Crippen LogP contribution in [0.5, 0.6) is 5.75 Å². The predicted molar refractivity (Wildman–Crippen MR) is 69.1 cm³/mol.